The van der Waals surface area contributed by atoms with Gasteiger partial charge in [0.15, 0.2) is 0 Å². The minimum Gasteiger partial charge on any atom is -0.352 e. The fourth-order valence-electron chi connectivity index (χ4n) is 3.19. The normalized spacial score (nSPS) is 17.6. The Morgan fingerprint density at radius 3 is 2.64 bits per heavy atom. The highest BCUT2D eigenvalue weighted by molar-refractivity contribution is 6.42. The summed E-state index contributed by atoms with van der Waals surface area (Å²) in [4.78, 5) is 14.5. The highest BCUT2D eigenvalue weighted by Crippen LogP contribution is 2.24. The van der Waals surface area contributed by atoms with Crippen LogP contribution in [0, 0.1) is 0 Å². The summed E-state index contributed by atoms with van der Waals surface area (Å²) in [5, 5.41) is 4.32. The predicted octanol–water partition coefficient (Wildman–Crippen LogP) is 4.32. The van der Waals surface area contributed by atoms with Crippen molar-refractivity contribution >= 4 is 29.1 Å². The molecule has 0 radical (unpaired) electrons. The van der Waals surface area contributed by atoms with Crippen LogP contribution in [-0.2, 0) is 17.8 Å². The first-order valence-electron chi connectivity index (χ1n) is 8.60. The number of halogens is 2. The van der Waals surface area contributed by atoms with Crippen molar-refractivity contribution in [1.82, 2.24) is 10.2 Å². The monoisotopic (exact) mass is 376 g/mol. The average molecular weight is 377 g/mol. The van der Waals surface area contributed by atoms with Crippen LogP contribution in [0.5, 0.6) is 0 Å². The molecule has 25 heavy (non-hydrogen) atoms. The molecule has 2 aromatic rings. The quantitative estimate of drug-likeness (QED) is 0.813. The average Bonchev–Trinajstić information content (AvgIpc) is 3.04. The highest BCUT2D eigenvalue weighted by atomic mass is 35.5. The van der Waals surface area contributed by atoms with E-state index in [1.54, 1.807) is 0 Å². The lowest BCUT2D eigenvalue weighted by Crippen LogP contribution is -2.37. The van der Waals surface area contributed by atoms with E-state index in [2.05, 4.69) is 22.3 Å². The number of carbonyl (C=O) groups excluding carboxylic acids is 1. The van der Waals surface area contributed by atoms with E-state index in [0.717, 1.165) is 38.0 Å². The molecule has 1 fully saturated rings. The number of hydrogen-bond donors (Lipinski definition) is 1. The number of benzene rings is 2. The summed E-state index contributed by atoms with van der Waals surface area (Å²) in [5.41, 5.74) is 2.34. The van der Waals surface area contributed by atoms with E-state index >= 15 is 0 Å². The predicted molar refractivity (Wildman–Crippen MR) is 103 cm³/mol. The molecule has 3 rings (SSSR count). The second-order valence-corrected chi connectivity index (χ2v) is 7.34. The van der Waals surface area contributed by atoms with Crippen LogP contribution in [0.2, 0.25) is 10.0 Å². The number of likely N-dealkylation sites (tertiary alicyclic amines) is 1. The van der Waals surface area contributed by atoms with Gasteiger partial charge in [-0.3, -0.25) is 9.69 Å². The van der Waals surface area contributed by atoms with Crippen LogP contribution >= 0.6 is 23.2 Å². The number of aryl methyl sites for hydroxylation is 1. The minimum atomic E-state index is 0.130. The Balaban J connectivity index is 1.43. The Hall–Kier alpha value is -1.55. The fraction of sp³-hybridized carbons (Fsp3) is 0.350. The number of hydrogen-bond acceptors (Lipinski definition) is 2. The van der Waals surface area contributed by atoms with Crippen LogP contribution in [0.15, 0.2) is 48.5 Å². The zero-order valence-corrected chi connectivity index (χ0v) is 15.6. The third-order valence-corrected chi connectivity index (χ3v) is 5.25. The molecule has 1 amide bonds. The van der Waals surface area contributed by atoms with E-state index < -0.39 is 0 Å². The van der Waals surface area contributed by atoms with Crippen LogP contribution < -0.4 is 5.32 Å². The maximum Gasteiger partial charge on any atom is 0.220 e. The summed E-state index contributed by atoms with van der Waals surface area (Å²) in [6.07, 6.45) is 2.30. The zero-order valence-electron chi connectivity index (χ0n) is 14.1. The van der Waals surface area contributed by atoms with Crippen molar-refractivity contribution in [2.24, 2.45) is 0 Å². The lowest BCUT2D eigenvalue weighted by atomic mass is 10.1. The number of nitrogens with one attached hydrogen (secondary N) is 1. The molecule has 1 N–H and O–H groups in total. The van der Waals surface area contributed by atoms with E-state index in [4.69, 9.17) is 23.2 Å². The van der Waals surface area contributed by atoms with Gasteiger partial charge in [0, 0.05) is 32.1 Å². The maximum absolute atomic E-state index is 12.2. The van der Waals surface area contributed by atoms with Gasteiger partial charge in [-0.15, -0.1) is 0 Å². The first kappa shape index (κ1) is 18.2. The Morgan fingerprint density at radius 2 is 1.88 bits per heavy atom. The smallest absolute Gasteiger partial charge is 0.220 e. The van der Waals surface area contributed by atoms with Crippen molar-refractivity contribution in [1.29, 1.82) is 0 Å². The molecule has 0 aromatic heterocycles. The SMILES string of the molecule is O=C(CCc1ccccc1)NC1CCN(Cc2ccc(Cl)c(Cl)c2)C1. The summed E-state index contributed by atoms with van der Waals surface area (Å²) >= 11 is 12.0. The first-order chi connectivity index (χ1) is 12.1. The number of nitrogens with zero attached hydrogens (tertiary/aromatic N) is 1. The molecule has 5 heteroatoms. The topological polar surface area (TPSA) is 32.3 Å². The van der Waals surface area contributed by atoms with Crippen LogP contribution in [0.25, 0.3) is 0 Å². The van der Waals surface area contributed by atoms with Crippen LogP contribution in [0.4, 0.5) is 0 Å². The number of amides is 1. The Morgan fingerprint density at radius 1 is 1.08 bits per heavy atom. The van der Waals surface area contributed by atoms with Crippen molar-refractivity contribution in [3.05, 3.63) is 69.7 Å². The molecular formula is C20H22Cl2N2O. The molecule has 2 aromatic carbocycles. The zero-order chi connectivity index (χ0) is 17.6. The van der Waals surface area contributed by atoms with Crippen molar-refractivity contribution < 1.29 is 4.79 Å². The van der Waals surface area contributed by atoms with Gasteiger partial charge in [-0.1, -0.05) is 59.6 Å². The van der Waals surface area contributed by atoms with Gasteiger partial charge >= 0.3 is 0 Å². The minimum absolute atomic E-state index is 0.130. The fourth-order valence-corrected chi connectivity index (χ4v) is 3.51. The molecule has 1 heterocycles. The molecule has 1 unspecified atom stereocenters. The van der Waals surface area contributed by atoms with Gasteiger partial charge in [0.05, 0.1) is 10.0 Å². The van der Waals surface area contributed by atoms with Crippen molar-refractivity contribution in [3.63, 3.8) is 0 Å². The van der Waals surface area contributed by atoms with Gasteiger partial charge in [0.2, 0.25) is 5.91 Å². The Labute approximate surface area is 158 Å². The van der Waals surface area contributed by atoms with E-state index in [-0.39, 0.29) is 11.9 Å². The number of carbonyl (C=O) groups is 1. The van der Waals surface area contributed by atoms with E-state index in [1.807, 2.05) is 36.4 Å². The van der Waals surface area contributed by atoms with Crippen molar-refractivity contribution in [3.8, 4) is 0 Å². The van der Waals surface area contributed by atoms with Gasteiger partial charge in [0.25, 0.3) is 0 Å². The largest absolute Gasteiger partial charge is 0.352 e. The molecule has 0 saturated carbocycles. The summed E-state index contributed by atoms with van der Waals surface area (Å²) in [6.45, 7) is 2.68. The third-order valence-electron chi connectivity index (χ3n) is 4.51. The maximum atomic E-state index is 12.2. The van der Waals surface area contributed by atoms with Gasteiger partial charge in [0.1, 0.15) is 0 Å². The van der Waals surface area contributed by atoms with Gasteiger partial charge in [-0.2, -0.15) is 0 Å². The summed E-state index contributed by atoms with van der Waals surface area (Å²) < 4.78 is 0. The second-order valence-electron chi connectivity index (χ2n) is 6.52. The van der Waals surface area contributed by atoms with Crippen LogP contribution in [-0.4, -0.2) is 29.9 Å². The lowest BCUT2D eigenvalue weighted by Gasteiger charge is -2.17. The number of rotatable bonds is 6. The molecule has 1 aliphatic heterocycles. The molecule has 0 spiro atoms. The van der Waals surface area contributed by atoms with Gasteiger partial charge in [-0.25, -0.2) is 0 Å². The Kier molecular flexibility index (Phi) is 6.35. The molecular weight excluding hydrogens is 355 g/mol. The summed E-state index contributed by atoms with van der Waals surface area (Å²) in [5.74, 6) is 0.130. The second kappa shape index (κ2) is 8.70. The highest BCUT2D eigenvalue weighted by Gasteiger charge is 2.23. The van der Waals surface area contributed by atoms with Crippen LogP contribution in [0.1, 0.15) is 24.0 Å². The lowest BCUT2D eigenvalue weighted by molar-refractivity contribution is -0.121. The Bertz CT molecular complexity index is 721. The van der Waals surface area contributed by atoms with Gasteiger partial charge < -0.3 is 5.32 Å². The molecule has 1 atom stereocenters. The molecule has 0 aliphatic carbocycles. The van der Waals surface area contributed by atoms with Gasteiger partial charge in [-0.05, 0) is 36.1 Å². The molecule has 1 saturated heterocycles. The van der Waals surface area contributed by atoms with Crippen molar-refractivity contribution in [2.45, 2.75) is 31.8 Å². The first-order valence-corrected chi connectivity index (χ1v) is 9.35. The van der Waals surface area contributed by atoms with Crippen LogP contribution in [0.3, 0.4) is 0 Å². The standard InChI is InChI=1S/C20H22Cl2N2O/c21-18-8-6-16(12-19(18)22)13-24-11-10-17(14-24)23-20(25)9-7-15-4-2-1-3-5-15/h1-6,8,12,17H,7,9-11,13-14H2,(H,23,25). The van der Waals surface area contributed by atoms with E-state index in [9.17, 15) is 4.79 Å². The summed E-state index contributed by atoms with van der Waals surface area (Å²) in [7, 11) is 0. The molecule has 132 valence electrons. The third kappa shape index (κ3) is 5.46. The van der Waals surface area contributed by atoms with Crippen molar-refractivity contribution in [2.75, 3.05) is 13.1 Å². The van der Waals surface area contributed by atoms with E-state index in [0.29, 0.717) is 16.5 Å². The molecule has 1 aliphatic rings. The summed E-state index contributed by atoms with van der Waals surface area (Å²) in [6, 6.07) is 16.1. The molecule has 0 bridgehead atoms. The molecule has 3 nitrogen and oxygen atoms in total. The van der Waals surface area contributed by atoms with E-state index in [1.165, 1.54) is 5.56 Å².